The molecule has 0 saturated carbocycles. The summed E-state index contributed by atoms with van der Waals surface area (Å²) in [5.74, 6) is -0.402. The van der Waals surface area contributed by atoms with Crippen molar-refractivity contribution >= 4 is 15.7 Å². The van der Waals surface area contributed by atoms with Crippen LogP contribution >= 0.6 is 0 Å². The van der Waals surface area contributed by atoms with Crippen LogP contribution < -0.4 is 5.73 Å². The zero-order valence-corrected chi connectivity index (χ0v) is 11.7. The van der Waals surface area contributed by atoms with Gasteiger partial charge < -0.3 is 5.73 Å². The summed E-state index contributed by atoms with van der Waals surface area (Å²) in [5, 5.41) is 0. The average Bonchev–Trinajstić information content (AvgIpc) is 2.27. The predicted octanol–water partition coefficient (Wildman–Crippen LogP) is 2.07. The number of rotatable bonds is 5. The van der Waals surface area contributed by atoms with E-state index in [1.807, 2.05) is 13.8 Å². The van der Waals surface area contributed by atoms with Crippen LogP contribution in [0, 0.1) is 11.7 Å². The highest BCUT2D eigenvalue weighted by Gasteiger charge is 2.22. The van der Waals surface area contributed by atoms with Gasteiger partial charge in [0.1, 0.15) is 5.82 Å². The Bertz CT molecular complexity index is 497. The van der Waals surface area contributed by atoms with Crippen LogP contribution in [0.5, 0.6) is 0 Å². The third-order valence-corrected chi connectivity index (χ3v) is 4.67. The van der Waals surface area contributed by atoms with Crippen LogP contribution in [0.3, 0.4) is 0 Å². The highest BCUT2D eigenvalue weighted by atomic mass is 32.2. The van der Waals surface area contributed by atoms with Crippen LogP contribution in [0.4, 0.5) is 10.1 Å². The summed E-state index contributed by atoms with van der Waals surface area (Å²) >= 11 is 0. The number of benzene rings is 1. The van der Waals surface area contributed by atoms with E-state index in [0.29, 0.717) is 6.54 Å². The Hall–Kier alpha value is -1.14. The molecule has 0 aliphatic rings. The molecule has 1 atom stereocenters. The van der Waals surface area contributed by atoms with Gasteiger partial charge in [0, 0.05) is 19.3 Å². The maximum absolute atomic E-state index is 13.2. The van der Waals surface area contributed by atoms with Gasteiger partial charge in [-0.2, -0.15) is 0 Å². The molecule has 1 aromatic rings. The third kappa shape index (κ3) is 3.43. The van der Waals surface area contributed by atoms with Crippen molar-refractivity contribution in [3.63, 3.8) is 0 Å². The molecule has 4 nitrogen and oxygen atoms in total. The van der Waals surface area contributed by atoms with Crippen LogP contribution in [0.1, 0.15) is 20.3 Å². The van der Waals surface area contributed by atoms with Gasteiger partial charge in [-0.25, -0.2) is 17.1 Å². The zero-order chi connectivity index (χ0) is 13.9. The van der Waals surface area contributed by atoms with Crippen molar-refractivity contribution in [2.45, 2.75) is 25.2 Å². The molecule has 0 amide bonds. The minimum atomic E-state index is -3.68. The first-order chi connectivity index (χ1) is 8.27. The van der Waals surface area contributed by atoms with Crippen molar-refractivity contribution in [1.29, 1.82) is 0 Å². The van der Waals surface area contributed by atoms with Gasteiger partial charge in [-0.05, 0) is 24.1 Å². The van der Waals surface area contributed by atoms with Gasteiger partial charge in [0.05, 0.1) is 4.90 Å². The maximum Gasteiger partial charge on any atom is 0.243 e. The van der Waals surface area contributed by atoms with Gasteiger partial charge in [0.25, 0.3) is 0 Å². The van der Waals surface area contributed by atoms with Gasteiger partial charge in [0.2, 0.25) is 10.0 Å². The fourth-order valence-electron chi connectivity index (χ4n) is 1.58. The fraction of sp³-hybridized carbons (Fsp3) is 0.500. The third-order valence-electron chi connectivity index (χ3n) is 2.87. The maximum atomic E-state index is 13.2. The van der Waals surface area contributed by atoms with Crippen LogP contribution in [-0.4, -0.2) is 26.3 Å². The van der Waals surface area contributed by atoms with E-state index in [4.69, 9.17) is 5.73 Å². The SMILES string of the molecule is CCC(C)CN(C)S(=O)(=O)c1cc(N)cc(F)c1. The van der Waals surface area contributed by atoms with E-state index in [-0.39, 0.29) is 16.5 Å². The van der Waals surface area contributed by atoms with Crippen LogP contribution in [0.25, 0.3) is 0 Å². The Labute approximate surface area is 108 Å². The Balaban J connectivity index is 3.05. The minimum absolute atomic E-state index is 0.102. The number of nitrogens with zero attached hydrogens (tertiary/aromatic N) is 1. The fourth-order valence-corrected chi connectivity index (χ4v) is 2.94. The van der Waals surface area contributed by atoms with Crippen LogP contribution in [-0.2, 0) is 10.0 Å². The molecule has 0 fully saturated rings. The lowest BCUT2D eigenvalue weighted by Gasteiger charge is -2.20. The summed E-state index contributed by atoms with van der Waals surface area (Å²) in [7, 11) is -2.19. The van der Waals surface area contributed by atoms with Crippen LogP contribution in [0.2, 0.25) is 0 Å². The molecule has 0 saturated heterocycles. The van der Waals surface area contributed by atoms with E-state index in [1.165, 1.54) is 17.4 Å². The van der Waals surface area contributed by atoms with Crippen molar-refractivity contribution in [3.05, 3.63) is 24.0 Å². The molecule has 2 N–H and O–H groups in total. The average molecular weight is 274 g/mol. The molecule has 1 aromatic carbocycles. The Morgan fingerprint density at radius 1 is 1.39 bits per heavy atom. The van der Waals surface area contributed by atoms with Gasteiger partial charge in [0.15, 0.2) is 0 Å². The molecule has 0 aliphatic carbocycles. The molecule has 1 unspecified atom stereocenters. The Kier molecular flexibility index (Phi) is 4.70. The number of nitrogen functional groups attached to an aromatic ring is 1. The van der Waals surface area contributed by atoms with E-state index in [9.17, 15) is 12.8 Å². The summed E-state index contributed by atoms with van der Waals surface area (Å²) in [5.41, 5.74) is 5.56. The van der Waals surface area contributed by atoms with Gasteiger partial charge in [-0.3, -0.25) is 0 Å². The van der Waals surface area contributed by atoms with E-state index < -0.39 is 15.8 Å². The zero-order valence-electron chi connectivity index (χ0n) is 10.9. The second kappa shape index (κ2) is 5.67. The largest absolute Gasteiger partial charge is 0.399 e. The summed E-state index contributed by atoms with van der Waals surface area (Å²) < 4.78 is 38.8. The van der Waals surface area contributed by atoms with Crippen molar-refractivity contribution in [2.24, 2.45) is 5.92 Å². The smallest absolute Gasteiger partial charge is 0.243 e. The number of hydrogen-bond donors (Lipinski definition) is 1. The standard InChI is InChI=1S/C12H19FN2O2S/c1-4-9(2)8-15(3)18(16,17)12-6-10(13)5-11(14)7-12/h5-7,9H,4,8,14H2,1-3H3. The number of hydrogen-bond acceptors (Lipinski definition) is 3. The Morgan fingerprint density at radius 3 is 2.50 bits per heavy atom. The first kappa shape index (κ1) is 14.9. The molecule has 0 radical (unpaired) electrons. The second-order valence-corrected chi connectivity index (χ2v) is 6.56. The van der Waals surface area contributed by atoms with Crippen LogP contribution in [0.15, 0.2) is 23.1 Å². The minimum Gasteiger partial charge on any atom is -0.399 e. The molecule has 18 heavy (non-hydrogen) atoms. The number of nitrogens with two attached hydrogens (primary N) is 1. The molecular formula is C12H19FN2O2S. The quantitative estimate of drug-likeness (QED) is 0.836. The molecule has 0 aromatic heterocycles. The topological polar surface area (TPSA) is 63.4 Å². The highest BCUT2D eigenvalue weighted by Crippen LogP contribution is 2.20. The van der Waals surface area contributed by atoms with Gasteiger partial charge >= 0.3 is 0 Å². The molecular weight excluding hydrogens is 255 g/mol. The van der Waals surface area contributed by atoms with E-state index in [2.05, 4.69) is 0 Å². The van der Waals surface area contributed by atoms with E-state index in [0.717, 1.165) is 18.6 Å². The number of halogens is 1. The van der Waals surface area contributed by atoms with Gasteiger partial charge in [-0.1, -0.05) is 20.3 Å². The molecule has 0 heterocycles. The van der Waals surface area contributed by atoms with Crippen molar-refractivity contribution < 1.29 is 12.8 Å². The van der Waals surface area contributed by atoms with Crippen molar-refractivity contribution in [1.82, 2.24) is 4.31 Å². The highest BCUT2D eigenvalue weighted by molar-refractivity contribution is 7.89. The first-order valence-corrected chi connectivity index (χ1v) is 7.23. The lowest BCUT2D eigenvalue weighted by molar-refractivity contribution is 0.393. The second-order valence-electron chi connectivity index (χ2n) is 4.52. The van der Waals surface area contributed by atoms with E-state index in [1.54, 1.807) is 0 Å². The summed E-state index contributed by atoms with van der Waals surface area (Å²) in [4.78, 5) is -0.106. The van der Waals surface area contributed by atoms with Gasteiger partial charge in [-0.15, -0.1) is 0 Å². The predicted molar refractivity (Wildman–Crippen MR) is 70.1 cm³/mol. The normalized spacial score (nSPS) is 13.8. The lowest BCUT2D eigenvalue weighted by Crippen LogP contribution is -2.31. The molecule has 0 bridgehead atoms. The monoisotopic (exact) mass is 274 g/mol. The Morgan fingerprint density at radius 2 is 2.00 bits per heavy atom. The summed E-state index contributed by atoms with van der Waals surface area (Å²) in [6, 6.07) is 3.35. The van der Waals surface area contributed by atoms with Crippen molar-refractivity contribution in [2.75, 3.05) is 19.3 Å². The molecule has 6 heteroatoms. The summed E-state index contributed by atoms with van der Waals surface area (Å²) in [6.07, 6.45) is 0.880. The number of sulfonamides is 1. The first-order valence-electron chi connectivity index (χ1n) is 5.79. The number of anilines is 1. The molecule has 1 rings (SSSR count). The molecule has 0 aliphatic heterocycles. The molecule has 102 valence electrons. The summed E-state index contributed by atoms with van der Waals surface area (Å²) in [6.45, 7) is 4.35. The van der Waals surface area contributed by atoms with Crippen molar-refractivity contribution in [3.8, 4) is 0 Å². The lowest BCUT2D eigenvalue weighted by atomic mass is 10.1. The van der Waals surface area contributed by atoms with E-state index >= 15 is 0 Å². The molecule has 0 spiro atoms.